The molecule has 1 aliphatic heterocycles. The fraction of sp³-hybridized carbons (Fsp3) is 0.353. The molecule has 0 spiro atoms. The van der Waals surface area contributed by atoms with Gasteiger partial charge in [-0.05, 0) is 60.0 Å². The largest absolute Gasteiger partial charge is 0.354 e. The quantitative estimate of drug-likeness (QED) is 0.894. The van der Waals surface area contributed by atoms with Crippen molar-refractivity contribution >= 4 is 33.3 Å². The monoisotopic (exact) mass is 374 g/mol. The van der Waals surface area contributed by atoms with Crippen LogP contribution < -0.4 is 10.2 Å². The van der Waals surface area contributed by atoms with E-state index in [2.05, 4.69) is 36.3 Å². The highest BCUT2D eigenvalue weighted by Crippen LogP contribution is 2.25. The number of carbonyl (C=O) groups is 1. The summed E-state index contributed by atoms with van der Waals surface area (Å²) in [6, 6.07) is 11.6. The third-order valence-electron chi connectivity index (χ3n) is 4.03. The van der Waals surface area contributed by atoms with Gasteiger partial charge < -0.3 is 10.2 Å². The van der Waals surface area contributed by atoms with Gasteiger partial charge in [0, 0.05) is 17.6 Å². The van der Waals surface area contributed by atoms with Crippen molar-refractivity contribution in [3.05, 3.63) is 46.6 Å². The first-order chi connectivity index (χ1) is 11.1. The van der Waals surface area contributed by atoms with Crippen molar-refractivity contribution in [1.82, 2.24) is 10.2 Å². The number of hydrogen-bond acceptors (Lipinski definition) is 4. The van der Waals surface area contributed by atoms with Gasteiger partial charge in [-0.1, -0.05) is 12.1 Å². The molecule has 1 saturated heterocycles. The zero-order valence-electron chi connectivity index (χ0n) is 13.0. The number of aromatic nitrogens is 2. The number of benzene rings is 1. The molecule has 120 valence electrons. The van der Waals surface area contributed by atoms with E-state index in [1.54, 1.807) is 0 Å². The van der Waals surface area contributed by atoms with E-state index in [9.17, 15) is 4.79 Å². The van der Waals surface area contributed by atoms with E-state index in [4.69, 9.17) is 0 Å². The molecule has 1 aromatic carbocycles. The number of hydrogen-bond donors (Lipinski definition) is 1. The molecule has 1 aliphatic rings. The number of nitrogens with zero attached hydrogens (tertiary/aromatic N) is 3. The molecule has 1 amide bonds. The second kappa shape index (κ2) is 7.08. The van der Waals surface area contributed by atoms with Gasteiger partial charge in [0.1, 0.15) is 0 Å². The Morgan fingerprint density at radius 1 is 1.26 bits per heavy atom. The van der Waals surface area contributed by atoms with Crippen LogP contribution in [0.2, 0.25) is 0 Å². The minimum atomic E-state index is -0.0426. The molecule has 0 radical (unpaired) electrons. The average Bonchev–Trinajstić information content (AvgIpc) is 2.58. The molecule has 1 aromatic heterocycles. The maximum atomic E-state index is 12.6. The number of piperidine rings is 1. The van der Waals surface area contributed by atoms with Gasteiger partial charge >= 0.3 is 0 Å². The highest BCUT2D eigenvalue weighted by Gasteiger charge is 2.27. The molecule has 0 bridgehead atoms. The third-order valence-corrected chi connectivity index (χ3v) is 4.72. The van der Waals surface area contributed by atoms with E-state index in [1.807, 2.05) is 43.3 Å². The Morgan fingerprint density at radius 2 is 2.09 bits per heavy atom. The SMILES string of the molecule is Cc1ccc(N2CCC[C@@H](C(=O)Nc3ccccc3Br)C2)nn1. The second-order valence-electron chi connectivity index (χ2n) is 5.79. The van der Waals surface area contributed by atoms with Crippen molar-refractivity contribution in [3.8, 4) is 0 Å². The van der Waals surface area contributed by atoms with Gasteiger partial charge in [-0.2, -0.15) is 5.10 Å². The van der Waals surface area contributed by atoms with E-state index in [1.165, 1.54) is 0 Å². The molecule has 5 nitrogen and oxygen atoms in total. The summed E-state index contributed by atoms with van der Waals surface area (Å²) in [5, 5.41) is 11.3. The molecular formula is C17H19BrN4O. The van der Waals surface area contributed by atoms with Crippen LogP contribution in [-0.2, 0) is 4.79 Å². The summed E-state index contributed by atoms with van der Waals surface area (Å²) in [6.45, 7) is 3.51. The molecule has 0 saturated carbocycles. The van der Waals surface area contributed by atoms with Crippen molar-refractivity contribution in [1.29, 1.82) is 0 Å². The maximum absolute atomic E-state index is 12.6. The lowest BCUT2D eigenvalue weighted by molar-refractivity contribution is -0.120. The van der Waals surface area contributed by atoms with Crippen molar-refractivity contribution in [3.63, 3.8) is 0 Å². The minimum absolute atomic E-state index is 0.0426. The van der Waals surface area contributed by atoms with Crippen LogP contribution in [0, 0.1) is 12.8 Å². The minimum Gasteiger partial charge on any atom is -0.354 e. The van der Waals surface area contributed by atoms with Gasteiger partial charge in [-0.25, -0.2) is 0 Å². The van der Waals surface area contributed by atoms with Crippen LogP contribution in [0.3, 0.4) is 0 Å². The Kier molecular flexibility index (Phi) is 4.91. The Balaban J connectivity index is 1.67. The van der Waals surface area contributed by atoms with Gasteiger partial charge in [-0.3, -0.25) is 4.79 Å². The topological polar surface area (TPSA) is 58.1 Å². The number of halogens is 1. The predicted molar refractivity (Wildman–Crippen MR) is 94.5 cm³/mol. The highest BCUT2D eigenvalue weighted by atomic mass is 79.9. The lowest BCUT2D eigenvalue weighted by Crippen LogP contribution is -2.41. The summed E-state index contributed by atoms with van der Waals surface area (Å²) in [6.07, 6.45) is 1.87. The Hall–Kier alpha value is -1.95. The number of nitrogens with one attached hydrogen (secondary N) is 1. The first kappa shape index (κ1) is 15.9. The fourth-order valence-electron chi connectivity index (χ4n) is 2.76. The van der Waals surface area contributed by atoms with E-state index in [-0.39, 0.29) is 11.8 Å². The standard InChI is InChI=1S/C17H19BrN4O/c1-12-8-9-16(21-20-12)22-10-4-5-13(11-22)17(23)19-15-7-3-2-6-14(15)18/h2-3,6-9,13H,4-5,10-11H2,1H3,(H,19,23)/t13-/m1/s1. The Labute approximate surface area is 144 Å². The van der Waals surface area contributed by atoms with Crippen LogP contribution >= 0.6 is 15.9 Å². The van der Waals surface area contributed by atoms with E-state index < -0.39 is 0 Å². The van der Waals surface area contributed by atoms with Gasteiger partial charge in [0.05, 0.1) is 17.3 Å². The number of aryl methyl sites for hydroxylation is 1. The van der Waals surface area contributed by atoms with Crippen molar-refractivity contribution < 1.29 is 4.79 Å². The number of amides is 1. The average molecular weight is 375 g/mol. The van der Waals surface area contributed by atoms with Crippen LogP contribution in [0.25, 0.3) is 0 Å². The summed E-state index contributed by atoms with van der Waals surface area (Å²) in [5.41, 5.74) is 1.71. The first-order valence-electron chi connectivity index (χ1n) is 7.74. The Bertz CT molecular complexity index is 689. The molecular weight excluding hydrogens is 356 g/mol. The Morgan fingerprint density at radius 3 is 2.83 bits per heavy atom. The molecule has 3 rings (SSSR count). The molecule has 0 aliphatic carbocycles. The lowest BCUT2D eigenvalue weighted by Gasteiger charge is -2.32. The zero-order chi connectivity index (χ0) is 16.2. The summed E-state index contributed by atoms with van der Waals surface area (Å²) >= 11 is 3.46. The van der Waals surface area contributed by atoms with E-state index in [0.29, 0.717) is 6.54 Å². The lowest BCUT2D eigenvalue weighted by atomic mass is 9.97. The third kappa shape index (κ3) is 3.88. The van der Waals surface area contributed by atoms with Crippen LogP contribution in [-0.4, -0.2) is 29.2 Å². The van der Waals surface area contributed by atoms with E-state index >= 15 is 0 Å². The summed E-state index contributed by atoms with van der Waals surface area (Å²) in [4.78, 5) is 14.7. The summed E-state index contributed by atoms with van der Waals surface area (Å²) in [5.74, 6) is 0.856. The summed E-state index contributed by atoms with van der Waals surface area (Å²) < 4.78 is 0.894. The van der Waals surface area contributed by atoms with Gasteiger partial charge in [-0.15, -0.1) is 5.10 Å². The molecule has 0 unspecified atom stereocenters. The number of rotatable bonds is 3. The molecule has 23 heavy (non-hydrogen) atoms. The smallest absolute Gasteiger partial charge is 0.229 e. The molecule has 6 heteroatoms. The number of para-hydroxylation sites is 1. The molecule has 2 heterocycles. The van der Waals surface area contributed by atoms with Crippen LogP contribution in [0.5, 0.6) is 0 Å². The molecule has 1 fully saturated rings. The number of anilines is 2. The van der Waals surface area contributed by atoms with Crippen molar-refractivity contribution in [2.45, 2.75) is 19.8 Å². The molecule has 1 atom stereocenters. The fourth-order valence-corrected chi connectivity index (χ4v) is 3.14. The molecule has 2 aromatic rings. The van der Waals surface area contributed by atoms with Crippen molar-refractivity contribution in [2.24, 2.45) is 5.92 Å². The van der Waals surface area contributed by atoms with E-state index in [0.717, 1.165) is 41.1 Å². The van der Waals surface area contributed by atoms with Gasteiger partial charge in [0.25, 0.3) is 0 Å². The maximum Gasteiger partial charge on any atom is 0.229 e. The highest BCUT2D eigenvalue weighted by molar-refractivity contribution is 9.10. The molecule has 1 N–H and O–H groups in total. The first-order valence-corrected chi connectivity index (χ1v) is 8.53. The normalized spacial score (nSPS) is 17.8. The van der Waals surface area contributed by atoms with Gasteiger partial charge in [0.15, 0.2) is 5.82 Å². The second-order valence-corrected chi connectivity index (χ2v) is 6.64. The summed E-state index contributed by atoms with van der Waals surface area (Å²) in [7, 11) is 0. The number of carbonyl (C=O) groups excluding carboxylic acids is 1. The van der Waals surface area contributed by atoms with Gasteiger partial charge in [0.2, 0.25) is 5.91 Å². The predicted octanol–water partition coefficient (Wildman–Crippen LogP) is 3.40. The van der Waals surface area contributed by atoms with Crippen LogP contribution in [0.4, 0.5) is 11.5 Å². The van der Waals surface area contributed by atoms with Crippen LogP contribution in [0.1, 0.15) is 18.5 Å². The zero-order valence-corrected chi connectivity index (χ0v) is 14.6. The van der Waals surface area contributed by atoms with Crippen LogP contribution in [0.15, 0.2) is 40.9 Å². The van der Waals surface area contributed by atoms with Crippen molar-refractivity contribution in [2.75, 3.05) is 23.3 Å².